The van der Waals surface area contributed by atoms with Gasteiger partial charge in [0.1, 0.15) is 5.82 Å². The molecule has 8 nitrogen and oxygen atoms in total. The summed E-state index contributed by atoms with van der Waals surface area (Å²) in [5, 5.41) is 12.1. The van der Waals surface area contributed by atoms with Gasteiger partial charge in [0.15, 0.2) is 5.82 Å². The molecule has 0 bridgehead atoms. The van der Waals surface area contributed by atoms with E-state index in [1.54, 1.807) is 0 Å². The molecule has 1 amide bonds. The summed E-state index contributed by atoms with van der Waals surface area (Å²) in [7, 11) is 0. The topological polar surface area (TPSA) is 75.5 Å². The number of amides is 1. The van der Waals surface area contributed by atoms with Crippen molar-refractivity contribution < 1.29 is 9.53 Å². The van der Waals surface area contributed by atoms with Gasteiger partial charge >= 0.3 is 0 Å². The molecule has 4 heterocycles. The van der Waals surface area contributed by atoms with E-state index in [4.69, 9.17) is 4.74 Å². The van der Waals surface area contributed by atoms with Gasteiger partial charge in [-0.2, -0.15) is 0 Å². The van der Waals surface area contributed by atoms with E-state index in [1.165, 1.54) is 37.2 Å². The lowest BCUT2D eigenvalue weighted by atomic mass is 9.99. The van der Waals surface area contributed by atoms with E-state index in [0.29, 0.717) is 13.2 Å². The van der Waals surface area contributed by atoms with Crippen molar-refractivity contribution in [2.24, 2.45) is 5.92 Å². The highest BCUT2D eigenvalue weighted by molar-refractivity contribution is 5.79. The number of carbonyl (C=O) groups is 1. The second kappa shape index (κ2) is 10.2. The van der Waals surface area contributed by atoms with Crippen LogP contribution in [0.5, 0.6) is 0 Å². The maximum absolute atomic E-state index is 12.7. The zero-order chi connectivity index (χ0) is 22.6. The van der Waals surface area contributed by atoms with Gasteiger partial charge in [0, 0.05) is 70.5 Å². The van der Waals surface area contributed by atoms with Crippen LogP contribution in [0.15, 0.2) is 24.3 Å². The molecule has 1 aromatic heterocycles. The highest BCUT2D eigenvalue weighted by Gasteiger charge is 2.26. The summed E-state index contributed by atoms with van der Waals surface area (Å²) >= 11 is 0. The van der Waals surface area contributed by atoms with Crippen LogP contribution in [0.4, 0.5) is 5.69 Å². The van der Waals surface area contributed by atoms with Crippen molar-refractivity contribution in [2.45, 2.75) is 58.2 Å². The quantitative estimate of drug-likeness (QED) is 0.726. The van der Waals surface area contributed by atoms with E-state index in [-0.39, 0.29) is 17.9 Å². The molecule has 178 valence electrons. The van der Waals surface area contributed by atoms with Crippen LogP contribution in [0.25, 0.3) is 0 Å². The fourth-order valence-corrected chi connectivity index (χ4v) is 5.27. The van der Waals surface area contributed by atoms with E-state index in [1.807, 2.05) is 6.92 Å². The predicted molar refractivity (Wildman–Crippen MR) is 127 cm³/mol. The molecule has 3 aliphatic heterocycles. The standard InChI is InChI=1S/C25H36N6O2/c1-19(26-25(32)21-9-16-33-17-10-21)24-28-27-23-8-13-29(14-15-31(23)24)18-20-4-6-22(7-5-20)30-11-2-3-12-30/h4-7,19,21H,2-3,8-18H2,1H3,(H,26,32). The third-order valence-electron chi connectivity index (χ3n) is 7.30. The van der Waals surface area contributed by atoms with Crippen molar-refractivity contribution in [3.8, 4) is 0 Å². The van der Waals surface area contributed by atoms with E-state index in [0.717, 1.165) is 57.1 Å². The summed E-state index contributed by atoms with van der Waals surface area (Å²) in [5.41, 5.74) is 2.70. The zero-order valence-corrected chi connectivity index (χ0v) is 19.7. The Bertz CT molecular complexity index is 931. The molecule has 3 aliphatic rings. The first-order chi connectivity index (χ1) is 16.2. The molecule has 2 fully saturated rings. The van der Waals surface area contributed by atoms with Gasteiger partial charge < -0.3 is 19.5 Å². The van der Waals surface area contributed by atoms with Crippen molar-refractivity contribution in [3.63, 3.8) is 0 Å². The molecule has 33 heavy (non-hydrogen) atoms. The number of rotatable bonds is 6. The van der Waals surface area contributed by atoms with E-state index >= 15 is 0 Å². The van der Waals surface area contributed by atoms with Crippen molar-refractivity contribution >= 4 is 11.6 Å². The molecule has 0 spiro atoms. The highest BCUT2D eigenvalue weighted by atomic mass is 16.5. The van der Waals surface area contributed by atoms with Crippen molar-refractivity contribution in [1.29, 1.82) is 0 Å². The van der Waals surface area contributed by atoms with Crippen LogP contribution in [0.2, 0.25) is 0 Å². The molecular formula is C25H36N6O2. The van der Waals surface area contributed by atoms with Crippen molar-refractivity contribution in [2.75, 3.05) is 44.3 Å². The number of benzene rings is 1. The van der Waals surface area contributed by atoms with Crippen molar-refractivity contribution in [3.05, 3.63) is 41.5 Å². The smallest absolute Gasteiger partial charge is 0.223 e. The molecule has 0 aliphatic carbocycles. The minimum Gasteiger partial charge on any atom is -0.381 e. The van der Waals surface area contributed by atoms with Crippen LogP contribution in [0.3, 0.4) is 0 Å². The summed E-state index contributed by atoms with van der Waals surface area (Å²) in [5.74, 6) is 2.03. The number of anilines is 1. The molecule has 0 saturated carbocycles. The molecule has 1 unspecified atom stereocenters. The van der Waals surface area contributed by atoms with Crippen LogP contribution in [-0.2, 0) is 29.0 Å². The average molecular weight is 453 g/mol. The van der Waals surface area contributed by atoms with E-state index in [9.17, 15) is 4.79 Å². The first-order valence-corrected chi connectivity index (χ1v) is 12.5. The minimum absolute atomic E-state index is 0.0417. The van der Waals surface area contributed by atoms with Crippen molar-refractivity contribution in [1.82, 2.24) is 25.0 Å². The molecule has 0 radical (unpaired) electrons. The second-order valence-corrected chi connectivity index (χ2v) is 9.63. The number of ether oxygens (including phenoxy) is 1. The summed E-state index contributed by atoms with van der Waals surface area (Å²) < 4.78 is 7.60. The summed E-state index contributed by atoms with van der Waals surface area (Å²) in [4.78, 5) is 17.6. The lowest BCUT2D eigenvalue weighted by Crippen LogP contribution is -2.36. The molecule has 1 aromatic carbocycles. The summed E-state index contributed by atoms with van der Waals surface area (Å²) in [6, 6.07) is 8.95. The average Bonchev–Trinajstić information content (AvgIpc) is 3.48. The Morgan fingerprint density at radius 2 is 1.82 bits per heavy atom. The molecule has 1 atom stereocenters. The molecule has 1 N–H and O–H groups in total. The number of aromatic nitrogens is 3. The van der Waals surface area contributed by atoms with Crippen LogP contribution in [0, 0.1) is 5.92 Å². The number of carbonyl (C=O) groups excluding carboxylic acids is 1. The van der Waals surface area contributed by atoms with Gasteiger partial charge in [0.25, 0.3) is 0 Å². The van der Waals surface area contributed by atoms with Crippen LogP contribution in [0.1, 0.15) is 55.9 Å². The third kappa shape index (κ3) is 5.22. The van der Waals surface area contributed by atoms with E-state index in [2.05, 4.69) is 54.1 Å². The molecule has 5 rings (SSSR count). The Labute approximate surface area is 196 Å². The second-order valence-electron chi connectivity index (χ2n) is 9.63. The van der Waals surface area contributed by atoms with Gasteiger partial charge in [-0.25, -0.2) is 0 Å². The fourth-order valence-electron chi connectivity index (χ4n) is 5.27. The van der Waals surface area contributed by atoms with Gasteiger partial charge in [-0.05, 0) is 50.3 Å². The lowest BCUT2D eigenvalue weighted by Gasteiger charge is -2.24. The Kier molecular flexibility index (Phi) is 6.92. The van der Waals surface area contributed by atoms with Crippen LogP contribution < -0.4 is 10.2 Å². The van der Waals surface area contributed by atoms with Gasteiger partial charge in [-0.1, -0.05) is 12.1 Å². The highest BCUT2D eigenvalue weighted by Crippen LogP contribution is 2.22. The first kappa shape index (κ1) is 22.3. The van der Waals surface area contributed by atoms with Crippen LogP contribution >= 0.6 is 0 Å². The Balaban J connectivity index is 1.17. The first-order valence-electron chi connectivity index (χ1n) is 12.5. The molecule has 8 heteroatoms. The predicted octanol–water partition coefficient (Wildman–Crippen LogP) is 2.54. The Hall–Kier alpha value is -2.45. The Morgan fingerprint density at radius 1 is 1.06 bits per heavy atom. The Morgan fingerprint density at radius 3 is 2.58 bits per heavy atom. The van der Waals surface area contributed by atoms with Gasteiger partial charge in [-0.15, -0.1) is 10.2 Å². The number of nitrogens with zero attached hydrogens (tertiary/aromatic N) is 5. The number of nitrogens with one attached hydrogen (secondary N) is 1. The normalized spacial score (nSPS) is 20.9. The molecule has 2 aromatic rings. The number of fused-ring (bicyclic) bond motifs is 1. The lowest BCUT2D eigenvalue weighted by molar-refractivity contribution is -0.128. The molecule has 2 saturated heterocycles. The maximum Gasteiger partial charge on any atom is 0.223 e. The van der Waals surface area contributed by atoms with Gasteiger partial charge in [0.05, 0.1) is 6.04 Å². The SMILES string of the molecule is CC(NC(=O)C1CCOCC1)c1nnc2n1CCN(Cc1ccc(N3CCCC3)cc1)CC2. The van der Waals surface area contributed by atoms with Crippen LogP contribution in [-0.4, -0.2) is 65.0 Å². The molecular weight excluding hydrogens is 416 g/mol. The monoisotopic (exact) mass is 452 g/mol. The largest absolute Gasteiger partial charge is 0.381 e. The third-order valence-corrected chi connectivity index (χ3v) is 7.30. The number of hydrogen-bond donors (Lipinski definition) is 1. The number of hydrogen-bond acceptors (Lipinski definition) is 6. The summed E-state index contributed by atoms with van der Waals surface area (Å²) in [6.45, 7) is 9.43. The van der Waals surface area contributed by atoms with Gasteiger partial charge in [0.2, 0.25) is 5.91 Å². The maximum atomic E-state index is 12.7. The minimum atomic E-state index is -0.147. The fraction of sp³-hybridized carbons (Fsp3) is 0.640. The summed E-state index contributed by atoms with van der Waals surface area (Å²) in [6.07, 6.45) is 5.08. The zero-order valence-electron chi connectivity index (χ0n) is 19.7. The van der Waals surface area contributed by atoms with E-state index < -0.39 is 0 Å². The van der Waals surface area contributed by atoms with Gasteiger partial charge in [-0.3, -0.25) is 9.69 Å².